The zero-order valence-corrected chi connectivity index (χ0v) is 8.87. The zero-order valence-electron chi connectivity index (χ0n) is 7.28. The summed E-state index contributed by atoms with van der Waals surface area (Å²) in [6.45, 7) is 2.35. The van der Waals surface area contributed by atoms with Crippen molar-refractivity contribution >= 4 is 10.9 Å². The Hall–Kier alpha value is -0.830. The number of rotatable bonds is 0. The lowest BCUT2D eigenvalue weighted by Crippen LogP contribution is -3.00. The second kappa shape index (κ2) is 3.14. The number of aryl methyl sites for hydroxylation is 2. The van der Waals surface area contributed by atoms with E-state index >= 15 is 0 Å². The molecule has 1 aromatic carbocycles. The summed E-state index contributed by atoms with van der Waals surface area (Å²) in [7, 11) is 0. The van der Waals surface area contributed by atoms with E-state index in [-0.39, 0.29) is 17.0 Å². The van der Waals surface area contributed by atoms with Crippen LogP contribution in [0.5, 0.6) is 0 Å². The highest BCUT2D eigenvalue weighted by Crippen LogP contribution is 2.14. The number of aromatic nitrogens is 2. The highest BCUT2D eigenvalue weighted by molar-refractivity contribution is 5.77. The highest BCUT2D eigenvalue weighted by atomic mass is 79.9. The Morgan fingerprint density at radius 1 is 1.23 bits per heavy atom. The first kappa shape index (κ1) is 8.75. The average molecular weight is 239 g/mol. The molecule has 2 heterocycles. The summed E-state index contributed by atoms with van der Waals surface area (Å²) >= 11 is 0. The van der Waals surface area contributed by atoms with Gasteiger partial charge in [0.2, 0.25) is 6.20 Å². The molecule has 0 saturated carbocycles. The van der Waals surface area contributed by atoms with Gasteiger partial charge in [-0.2, -0.15) is 4.68 Å². The fourth-order valence-corrected chi connectivity index (χ4v) is 2.02. The Morgan fingerprint density at radius 2 is 2.08 bits per heavy atom. The van der Waals surface area contributed by atoms with Crippen molar-refractivity contribution in [3.8, 4) is 0 Å². The zero-order chi connectivity index (χ0) is 7.97. The average Bonchev–Trinajstić information content (AvgIpc) is 2.62. The summed E-state index contributed by atoms with van der Waals surface area (Å²) in [5.74, 6) is 0. The minimum Gasteiger partial charge on any atom is -1.00 e. The van der Waals surface area contributed by atoms with Crippen LogP contribution in [0.3, 0.4) is 0 Å². The highest BCUT2D eigenvalue weighted by Gasteiger charge is 2.20. The van der Waals surface area contributed by atoms with Gasteiger partial charge < -0.3 is 17.0 Å². The Bertz CT molecular complexity index is 433. The third-order valence-electron chi connectivity index (χ3n) is 2.57. The van der Waals surface area contributed by atoms with Crippen LogP contribution in [0.1, 0.15) is 6.42 Å². The van der Waals surface area contributed by atoms with Crippen molar-refractivity contribution in [2.75, 3.05) is 0 Å². The number of nitrogens with zero attached hydrogens (tertiary/aromatic N) is 2. The lowest BCUT2D eigenvalue weighted by atomic mass is 10.2. The predicted molar refractivity (Wildman–Crippen MR) is 46.8 cm³/mol. The van der Waals surface area contributed by atoms with E-state index in [9.17, 15) is 0 Å². The van der Waals surface area contributed by atoms with Crippen molar-refractivity contribution in [3.63, 3.8) is 0 Å². The van der Waals surface area contributed by atoms with Gasteiger partial charge >= 0.3 is 0 Å². The van der Waals surface area contributed by atoms with Crippen LogP contribution in [-0.4, -0.2) is 4.68 Å². The van der Waals surface area contributed by atoms with E-state index in [1.165, 1.54) is 30.4 Å². The molecule has 2 nitrogen and oxygen atoms in total. The minimum atomic E-state index is 0. The molecule has 0 bridgehead atoms. The van der Waals surface area contributed by atoms with E-state index in [1.807, 2.05) is 0 Å². The normalized spacial score (nSPS) is 14.2. The number of hydrogen-bond donors (Lipinski definition) is 0. The van der Waals surface area contributed by atoms with Crippen molar-refractivity contribution in [2.24, 2.45) is 0 Å². The first-order chi connectivity index (χ1) is 5.95. The Morgan fingerprint density at radius 3 is 3.00 bits per heavy atom. The molecule has 0 fully saturated rings. The Labute approximate surface area is 87.5 Å². The standard InChI is InChI=1S/C10H11N2.BrH/c1-2-5-10-9(4-1)8-11-6-3-7-12(10)11;/h1-2,4-5,8H,3,6-7H2;1H/q+1;/p-1. The van der Waals surface area contributed by atoms with Gasteiger partial charge in [0.05, 0.1) is 11.9 Å². The molecule has 0 radical (unpaired) electrons. The summed E-state index contributed by atoms with van der Waals surface area (Å²) in [4.78, 5) is 0. The SMILES string of the molecule is [Br-].c1ccc2c(c1)c[n+]1n2CCC1. The van der Waals surface area contributed by atoms with Crippen LogP contribution in [0, 0.1) is 0 Å². The molecule has 3 heteroatoms. The molecule has 0 N–H and O–H groups in total. The molecular formula is C10H11BrN2. The fourth-order valence-electron chi connectivity index (χ4n) is 2.02. The van der Waals surface area contributed by atoms with Gasteiger partial charge in [-0.1, -0.05) is 12.1 Å². The number of hydrogen-bond acceptors (Lipinski definition) is 0. The maximum atomic E-state index is 2.36. The van der Waals surface area contributed by atoms with E-state index < -0.39 is 0 Å². The maximum absolute atomic E-state index is 2.36. The summed E-state index contributed by atoms with van der Waals surface area (Å²) < 4.78 is 4.67. The van der Waals surface area contributed by atoms with Crippen molar-refractivity contribution in [1.82, 2.24) is 4.68 Å². The number of benzene rings is 1. The van der Waals surface area contributed by atoms with Crippen LogP contribution in [0.4, 0.5) is 0 Å². The minimum absolute atomic E-state index is 0. The van der Waals surface area contributed by atoms with E-state index in [2.05, 4.69) is 39.8 Å². The van der Waals surface area contributed by atoms with E-state index in [0.29, 0.717) is 0 Å². The second-order valence-corrected chi connectivity index (χ2v) is 3.33. The lowest BCUT2D eigenvalue weighted by molar-refractivity contribution is -0.755. The van der Waals surface area contributed by atoms with Crippen LogP contribution in [0.25, 0.3) is 10.9 Å². The Balaban J connectivity index is 0.000000653. The molecule has 1 aliphatic heterocycles. The first-order valence-electron chi connectivity index (χ1n) is 4.43. The first-order valence-corrected chi connectivity index (χ1v) is 4.43. The molecule has 0 atom stereocenters. The summed E-state index contributed by atoms with van der Waals surface area (Å²) in [6, 6.07) is 8.57. The molecule has 0 amide bonds. The largest absolute Gasteiger partial charge is 1.00 e. The van der Waals surface area contributed by atoms with E-state index in [4.69, 9.17) is 0 Å². The van der Waals surface area contributed by atoms with Gasteiger partial charge in [-0.3, -0.25) is 0 Å². The lowest BCUT2D eigenvalue weighted by Gasteiger charge is -1.89. The maximum Gasteiger partial charge on any atom is 0.203 e. The van der Waals surface area contributed by atoms with Crippen molar-refractivity contribution in [1.29, 1.82) is 0 Å². The number of para-hydroxylation sites is 1. The van der Waals surface area contributed by atoms with Crippen LogP contribution in [0.2, 0.25) is 0 Å². The third kappa shape index (κ3) is 1.18. The molecule has 0 unspecified atom stereocenters. The van der Waals surface area contributed by atoms with Crippen LogP contribution in [0.15, 0.2) is 30.5 Å². The van der Waals surface area contributed by atoms with Gasteiger partial charge in [-0.05, 0) is 12.1 Å². The molecule has 2 aromatic rings. The van der Waals surface area contributed by atoms with Gasteiger partial charge in [-0.15, -0.1) is 4.68 Å². The van der Waals surface area contributed by atoms with E-state index in [1.54, 1.807) is 0 Å². The van der Waals surface area contributed by atoms with Gasteiger partial charge in [0.1, 0.15) is 5.52 Å². The van der Waals surface area contributed by atoms with Crippen molar-refractivity contribution in [3.05, 3.63) is 30.5 Å². The molecule has 68 valence electrons. The van der Waals surface area contributed by atoms with Crippen molar-refractivity contribution in [2.45, 2.75) is 19.5 Å². The molecule has 0 saturated heterocycles. The summed E-state index contributed by atoms with van der Waals surface area (Å²) in [5.41, 5.74) is 1.37. The van der Waals surface area contributed by atoms with Gasteiger partial charge in [-0.25, -0.2) is 0 Å². The second-order valence-electron chi connectivity index (χ2n) is 3.33. The number of halogens is 1. The van der Waals surface area contributed by atoms with Crippen LogP contribution in [-0.2, 0) is 13.1 Å². The molecule has 13 heavy (non-hydrogen) atoms. The Kier molecular flexibility index (Phi) is 2.12. The topological polar surface area (TPSA) is 8.81 Å². The summed E-state index contributed by atoms with van der Waals surface area (Å²) in [6.07, 6.45) is 3.52. The molecule has 0 aliphatic carbocycles. The van der Waals surface area contributed by atoms with Crippen LogP contribution < -0.4 is 21.7 Å². The van der Waals surface area contributed by atoms with E-state index in [0.717, 1.165) is 0 Å². The predicted octanol–water partition coefficient (Wildman–Crippen LogP) is -1.66. The molecule has 1 aliphatic rings. The van der Waals surface area contributed by atoms with Crippen molar-refractivity contribution < 1.29 is 21.7 Å². The number of fused-ring (bicyclic) bond motifs is 3. The monoisotopic (exact) mass is 238 g/mol. The molecule has 1 aromatic heterocycles. The van der Waals surface area contributed by atoms with Gasteiger partial charge in [0.25, 0.3) is 0 Å². The molecular weight excluding hydrogens is 228 g/mol. The smallest absolute Gasteiger partial charge is 0.203 e. The van der Waals surface area contributed by atoms with Gasteiger partial charge in [0.15, 0.2) is 6.54 Å². The quantitative estimate of drug-likeness (QED) is 0.486. The third-order valence-corrected chi connectivity index (χ3v) is 2.57. The van der Waals surface area contributed by atoms with Gasteiger partial charge in [0, 0.05) is 6.42 Å². The van der Waals surface area contributed by atoms with Crippen LogP contribution >= 0.6 is 0 Å². The fraction of sp³-hybridized carbons (Fsp3) is 0.300. The summed E-state index contributed by atoms with van der Waals surface area (Å²) in [5, 5.41) is 1.36. The molecule has 3 rings (SSSR count). The molecule has 0 spiro atoms.